The number of amides is 1. The van der Waals surface area contributed by atoms with Crippen LogP contribution < -0.4 is 5.32 Å². The molecule has 10 heteroatoms. The Morgan fingerprint density at radius 3 is 2.38 bits per heavy atom. The monoisotopic (exact) mass is 386 g/mol. The zero-order valence-corrected chi connectivity index (χ0v) is 14.6. The molecule has 1 amide bonds. The molecule has 140 valence electrons. The van der Waals surface area contributed by atoms with Crippen LogP contribution in [0.4, 0.5) is 8.78 Å². The van der Waals surface area contributed by atoms with Gasteiger partial charge in [0.25, 0.3) is 5.91 Å². The van der Waals surface area contributed by atoms with Crippen LogP contribution in [0.2, 0.25) is 0 Å². The van der Waals surface area contributed by atoms with Gasteiger partial charge in [0.05, 0.1) is 16.5 Å². The number of alkyl halides is 2. The number of nitrogens with zero attached hydrogens (tertiary/aromatic N) is 1. The van der Waals surface area contributed by atoms with Crippen molar-refractivity contribution in [2.75, 3.05) is 6.61 Å². The minimum atomic E-state index is -4.75. The van der Waals surface area contributed by atoms with Gasteiger partial charge in [0.2, 0.25) is 9.84 Å². The molecular formula is C16H16F2N2O5S. The van der Waals surface area contributed by atoms with Crippen LogP contribution in [0.25, 0.3) is 0 Å². The molecule has 0 aromatic heterocycles. The fourth-order valence-electron chi connectivity index (χ4n) is 2.31. The van der Waals surface area contributed by atoms with Crippen LogP contribution in [-0.2, 0) is 19.4 Å². The lowest BCUT2D eigenvalue weighted by molar-refractivity contribution is -0.125. The Bertz CT molecular complexity index is 844. The second-order valence-corrected chi connectivity index (χ2v) is 7.96. The van der Waals surface area contributed by atoms with Gasteiger partial charge < -0.3 is 10.1 Å². The van der Waals surface area contributed by atoms with Gasteiger partial charge >= 0.3 is 11.7 Å². The number of carbonyl (C=O) groups is 2. The highest BCUT2D eigenvalue weighted by Crippen LogP contribution is 2.39. The highest BCUT2D eigenvalue weighted by atomic mass is 32.2. The summed E-state index contributed by atoms with van der Waals surface area (Å²) >= 11 is 0. The van der Waals surface area contributed by atoms with E-state index in [0.717, 1.165) is 37.1 Å². The molecule has 1 aliphatic carbocycles. The van der Waals surface area contributed by atoms with E-state index < -0.39 is 44.5 Å². The summed E-state index contributed by atoms with van der Waals surface area (Å²) in [6, 6.07) is 5.77. The number of ether oxygens (including phenoxy) is 1. The van der Waals surface area contributed by atoms with Gasteiger partial charge in [0.15, 0.2) is 6.61 Å². The SMILES string of the molecule is C[C@@](C#N)(NC(=O)COC(=O)c1ccc(S(=O)(=O)C(F)F)cc1)C1CC1. The number of halogens is 2. The molecule has 7 nitrogen and oxygen atoms in total. The minimum Gasteiger partial charge on any atom is -0.452 e. The van der Waals surface area contributed by atoms with E-state index in [1.165, 1.54) is 0 Å². The van der Waals surface area contributed by atoms with E-state index in [9.17, 15) is 26.8 Å². The van der Waals surface area contributed by atoms with Crippen molar-refractivity contribution in [1.82, 2.24) is 5.32 Å². The summed E-state index contributed by atoms with van der Waals surface area (Å²) in [6.45, 7) is 0.965. The molecule has 1 fully saturated rings. The molecule has 2 rings (SSSR count). The third-order valence-corrected chi connectivity index (χ3v) is 5.41. The van der Waals surface area contributed by atoms with Gasteiger partial charge in [-0.1, -0.05) is 0 Å². The Morgan fingerprint density at radius 1 is 1.35 bits per heavy atom. The van der Waals surface area contributed by atoms with Crippen molar-refractivity contribution in [2.45, 2.75) is 36.0 Å². The molecule has 0 saturated heterocycles. The Labute approximate surface area is 148 Å². The Balaban J connectivity index is 1.94. The smallest absolute Gasteiger partial charge is 0.341 e. The molecule has 0 unspecified atom stereocenters. The van der Waals surface area contributed by atoms with Gasteiger partial charge in [0.1, 0.15) is 5.54 Å². The van der Waals surface area contributed by atoms with Crippen molar-refractivity contribution < 1.29 is 31.5 Å². The zero-order chi connectivity index (χ0) is 19.5. The number of benzene rings is 1. The minimum absolute atomic E-state index is 0.0662. The third kappa shape index (κ3) is 4.35. The fourth-order valence-corrected chi connectivity index (χ4v) is 3.03. The molecule has 0 aliphatic heterocycles. The number of hydrogen-bond acceptors (Lipinski definition) is 6. The van der Waals surface area contributed by atoms with Crippen LogP contribution in [0, 0.1) is 17.2 Å². The largest absolute Gasteiger partial charge is 0.452 e. The summed E-state index contributed by atoms with van der Waals surface area (Å²) in [5.74, 6) is -5.07. The highest BCUT2D eigenvalue weighted by Gasteiger charge is 2.43. The first-order valence-corrected chi connectivity index (χ1v) is 9.16. The van der Waals surface area contributed by atoms with Crippen LogP contribution >= 0.6 is 0 Å². The maximum Gasteiger partial charge on any atom is 0.341 e. The lowest BCUT2D eigenvalue weighted by atomic mass is 9.98. The summed E-state index contributed by atoms with van der Waals surface area (Å²) in [4.78, 5) is 23.1. The van der Waals surface area contributed by atoms with Crippen molar-refractivity contribution in [2.24, 2.45) is 5.92 Å². The average Bonchev–Trinajstić information content (AvgIpc) is 3.45. The Kier molecular flexibility index (Phi) is 5.61. The predicted molar refractivity (Wildman–Crippen MR) is 84.8 cm³/mol. The van der Waals surface area contributed by atoms with E-state index in [-0.39, 0.29) is 11.5 Å². The second-order valence-electron chi connectivity index (χ2n) is 6.04. The summed E-state index contributed by atoms with van der Waals surface area (Å²) in [6.07, 6.45) is 1.66. The van der Waals surface area contributed by atoms with Crippen molar-refractivity contribution in [3.8, 4) is 6.07 Å². The Hall–Kier alpha value is -2.54. The van der Waals surface area contributed by atoms with Crippen molar-refractivity contribution in [1.29, 1.82) is 5.26 Å². The lowest BCUT2D eigenvalue weighted by Crippen LogP contribution is -2.48. The molecule has 0 bridgehead atoms. The first-order chi connectivity index (χ1) is 12.1. The molecule has 1 aliphatic rings. The molecule has 1 aromatic rings. The van der Waals surface area contributed by atoms with Gasteiger partial charge in [-0.3, -0.25) is 4.79 Å². The topological polar surface area (TPSA) is 113 Å². The standard InChI is InChI=1S/C16H16F2N2O5S/c1-16(9-19,11-4-5-11)20-13(21)8-25-14(22)10-2-6-12(7-3-10)26(23,24)15(17)18/h2-3,6-7,11,15H,4-5,8H2,1H3,(H,20,21)/t16-/m0/s1. The predicted octanol–water partition coefficient (Wildman–Crippen LogP) is 1.65. The number of carbonyl (C=O) groups excluding carboxylic acids is 2. The Morgan fingerprint density at radius 2 is 1.92 bits per heavy atom. The van der Waals surface area contributed by atoms with E-state index in [0.29, 0.717) is 0 Å². The molecule has 0 heterocycles. The number of hydrogen-bond donors (Lipinski definition) is 1. The van der Waals surface area contributed by atoms with Crippen LogP contribution in [0.1, 0.15) is 30.1 Å². The van der Waals surface area contributed by atoms with E-state index in [2.05, 4.69) is 5.32 Å². The van der Waals surface area contributed by atoms with Crippen LogP contribution in [0.15, 0.2) is 29.2 Å². The van der Waals surface area contributed by atoms with Crippen molar-refractivity contribution in [3.05, 3.63) is 29.8 Å². The van der Waals surface area contributed by atoms with E-state index >= 15 is 0 Å². The molecular weight excluding hydrogens is 370 g/mol. The van der Waals surface area contributed by atoms with Crippen molar-refractivity contribution >= 4 is 21.7 Å². The molecule has 1 aromatic carbocycles. The van der Waals surface area contributed by atoms with E-state index in [4.69, 9.17) is 10.00 Å². The molecule has 1 atom stereocenters. The second kappa shape index (κ2) is 7.37. The van der Waals surface area contributed by atoms with Gasteiger partial charge in [-0.25, -0.2) is 13.2 Å². The zero-order valence-electron chi connectivity index (χ0n) is 13.7. The summed E-state index contributed by atoms with van der Waals surface area (Å²) in [5, 5.41) is 11.7. The molecule has 1 N–H and O–H groups in total. The van der Waals surface area contributed by atoms with Gasteiger partial charge in [-0.2, -0.15) is 14.0 Å². The van der Waals surface area contributed by atoms with Gasteiger partial charge in [-0.05, 0) is 49.9 Å². The average molecular weight is 386 g/mol. The number of rotatable bonds is 7. The van der Waals surface area contributed by atoms with Crippen LogP contribution in [0.5, 0.6) is 0 Å². The highest BCUT2D eigenvalue weighted by molar-refractivity contribution is 7.91. The first-order valence-electron chi connectivity index (χ1n) is 7.61. The molecule has 26 heavy (non-hydrogen) atoms. The first kappa shape index (κ1) is 19.8. The van der Waals surface area contributed by atoms with Crippen LogP contribution in [0.3, 0.4) is 0 Å². The summed E-state index contributed by atoms with van der Waals surface area (Å²) in [7, 11) is -4.75. The molecule has 0 spiro atoms. The van der Waals surface area contributed by atoms with E-state index in [1.807, 2.05) is 6.07 Å². The number of sulfone groups is 1. The normalized spacial score (nSPS) is 16.4. The molecule has 1 saturated carbocycles. The fraction of sp³-hybridized carbons (Fsp3) is 0.438. The van der Waals surface area contributed by atoms with Gasteiger partial charge in [-0.15, -0.1) is 0 Å². The lowest BCUT2D eigenvalue weighted by Gasteiger charge is -2.22. The maximum atomic E-state index is 12.4. The van der Waals surface area contributed by atoms with Crippen molar-refractivity contribution in [3.63, 3.8) is 0 Å². The van der Waals surface area contributed by atoms with Crippen LogP contribution in [-0.4, -0.2) is 38.2 Å². The number of esters is 1. The number of nitriles is 1. The summed E-state index contributed by atoms with van der Waals surface area (Å²) in [5.41, 5.74) is -1.12. The quantitative estimate of drug-likeness (QED) is 0.713. The molecule has 0 radical (unpaired) electrons. The summed E-state index contributed by atoms with van der Waals surface area (Å²) < 4.78 is 52.3. The third-order valence-electron chi connectivity index (χ3n) is 4.01. The number of nitrogens with one attached hydrogen (secondary N) is 1. The van der Waals surface area contributed by atoms with E-state index in [1.54, 1.807) is 6.92 Å². The maximum absolute atomic E-state index is 12.4. The van der Waals surface area contributed by atoms with Gasteiger partial charge in [0, 0.05) is 0 Å².